The molecule has 5 rings (SSSR count). The van der Waals surface area contributed by atoms with Gasteiger partial charge in [0.2, 0.25) is 5.91 Å². The predicted molar refractivity (Wildman–Crippen MR) is 138 cm³/mol. The van der Waals surface area contributed by atoms with Crippen LogP contribution in [0.2, 0.25) is 0 Å². The van der Waals surface area contributed by atoms with E-state index >= 15 is 0 Å². The molecule has 1 aromatic heterocycles. The Morgan fingerprint density at radius 2 is 1.84 bits per heavy atom. The zero-order chi connectivity index (χ0) is 26.1. The first-order chi connectivity index (χ1) is 17.8. The van der Waals surface area contributed by atoms with Gasteiger partial charge in [-0.05, 0) is 53.6 Å². The predicted octanol–water partition coefficient (Wildman–Crippen LogP) is 4.49. The van der Waals surface area contributed by atoms with Crippen LogP contribution < -0.4 is 20.7 Å². The lowest BCUT2D eigenvalue weighted by Crippen LogP contribution is -2.16. The van der Waals surface area contributed by atoms with Gasteiger partial charge in [0.15, 0.2) is 5.75 Å². The largest absolute Gasteiger partial charge is 0.490 e. The summed E-state index contributed by atoms with van der Waals surface area (Å²) in [6.07, 6.45) is 3.44. The summed E-state index contributed by atoms with van der Waals surface area (Å²) in [4.78, 5) is 40.2. The van der Waals surface area contributed by atoms with Crippen molar-refractivity contribution in [3.8, 4) is 16.9 Å². The second kappa shape index (κ2) is 9.46. The highest BCUT2D eigenvalue weighted by molar-refractivity contribution is 6.13. The maximum absolute atomic E-state index is 13.0. The van der Waals surface area contributed by atoms with Gasteiger partial charge < -0.3 is 25.3 Å². The van der Waals surface area contributed by atoms with Crippen molar-refractivity contribution in [2.24, 2.45) is 7.05 Å². The van der Waals surface area contributed by atoms with Crippen LogP contribution in [0.4, 0.5) is 28.4 Å². The average Bonchev–Trinajstić information content (AvgIpc) is 3.22. The molecule has 1 aliphatic heterocycles. The number of aromatic nitrogens is 2. The number of nitro groups is 1. The summed E-state index contributed by atoms with van der Waals surface area (Å²) in [6, 6.07) is 15.1. The molecule has 0 unspecified atom stereocenters. The van der Waals surface area contributed by atoms with Crippen molar-refractivity contribution >= 4 is 40.3 Å². The molecule has 4 aromatic rings. The Morgan fingerprint density at radius 3 is 2.57 bits per heavy atom. The van der Waals surface area contributed by atoms with E-state index < -0.39 is 4.92 Å². The third kappa shape index (κ3) is 4.69. The van der Waals surface area contributed by atoms with E-state index in [0.717, 1.165) is 11.3 Å². The van der Waals surface area contributed by atoms with Crippen LogP contribution in [0.3, 0.4) is 0 Å². The highest BCUT2D eigenvalue weighted by Crippen LogP contribution is 2.37. The standard InChI is InChI=1S/C26H22N6O5/c1-31-14-27-13-18(31)12-25(33)28-17-5-7-20-22(11-17)30-26(34)19-6-3-15(9-21(19)29-20)16-4-8-23(32(35)36)24(10-16)37-2/h3-11,13-14,29H,12H2,1-2H3,(H,28,33)(H,30,34). The summed E-state index contributed by atoms with van der Waals surface area (Å²) in [6.45, 7) is 0. The molecule has 0 saturated carbocycles. The molecular formula is C26H22N6O5. The van der Waals surface area contributed by atoms with Gasteiger partial charge in [-0.15, -0.1) is 0 Å². The SMILES string of the molecule is COc1cc(-c2ccc3c(c2)Nc2ccc(NC(=O)Cc4cncn4C)cc2NC3=O)ccc1[N+](=O)[O-]. The lowest BCUT2D eigenvalue weighted by molar-refractivity contribution is -0.385. The van der Waals surface area contributed by atoms with Gasteiger partial charge in [0, 0.05) is 30.7 Å². The number of imidazole rings is 1. The van der Waals surface area contributed by atoms with Gasteiger partial charge in [-0.25, -0.2) is 4.98 Å². The smallest absolute Gasteiger partial charge is 0.310 e. The molecule has 0 bridgehead atoms. The number of methoxy groups -OCH3 is 1. The summed E-state index contributed by atoms with van der Waals surface area (Å²) in [5, 5.41) is 20.2. The van der Waals surface area contributed by atoms with Gasteiger partial charge in [-0.3, -0.25) is 19.7 Å². The molecule has 0 atom stereocenters. The average molecular weight is 498 g/mol. The van der Waals surface area contributed by atoms with E-state index in [4.69, 9.17) is 4.74 Å². The van der Waals surface area contributed by atoms with Crippen LogP contribution in [0.1, 0.15) is 16.1 Å². The number of aryl methyl sites for hydroxylation is 1. The Bertz CT molecular complexity index is 1560. The van der Waals surface area contributed by atoms with Crippen LogP contribution in [0.5, 0.6) is 5.75 Å². The molecule has 3 aromatic carbocycles. The Kier molecular flexibility index (Phi) is 6.02. The molecule has 2 amide bonds. The molecular weight excluding hydrogens is 476 g/mol. The molecule has 11 heteroatoms. The van der Waals surface area contributed by atoms with Gasteiger partial charge >= 0.3 is 5.69 Å². The molecule has 1 aliphatic rings. The fraction of sp³-hybridized carbons (Fsp3) is 0.115. The molecule has 0 radical (unpaired) electrons. The Balaban J connectivity index is 1.40. The number of nitro benzene ring substituents is 1. The number of hydrogen-bond donors (Lipinski definition) is 3. The first-order valence-corrected chi connectivity index (χ1v) is 11.3. The third-order valence-electron chi connectivity index (χ3n) is 6.05. The number of nitrogens with zero attached hydrogens (tertiary/aromatic N) is 3. The molecule has 37 heavy (non-hydrogen) atoms. The van der Waals surface area contributed by atoms with Crippen LogP contribution in [0.15, 0.2) is 67.1 Å². The van der Waals surface area contributed by atoms with E-state index in [1.54, 1.807) is 65.6 Å². The van der Waals surface area contributed by atoms with Crippen molar-refractivity contribution < 1.29 is 19.2 Å². The minimum absolute atomic E-state index is 0.129. The van der Waals surface area contributed by atoms with E-state index in [2.05, 4.69) is 20.9 Å². The van der Waals surface area contributed by atoms with Crippen LogP contribution in [-0.4, -0.2) is 33.4 Å². The van der Waals surface area contributed by atoms with Gasteiger partial charge in [0.25, 0.3) is 5.91 Å². The fourth-order valence-corrected chi connectivity index (χ4v) is 4.13. The molecule has 186 valence electrons. The van der Waals surface area contributed by atoms with Crippen molar-refractivity contribution in [2.75, 3.05) is 23.1 Å². The van der Waals surface area contributed by atoms with E-state index in [9.17, 15) is 19.7 Å². The van der Waals surface area contributed by atoms with Crippen molar-refractivity contribution in [2.45, 2.75) is 6.42 Å². The van der Waals surface area contributed by atoms with Crippen molar-refractivity contribution in [1.29, 1.82) is 0 Å². The fourth-order valence-electron chi connectivity index (χ4n) is 4.13. The topological polar surface area (TPSA) is 140 Å². The van der Waals surface area contributed by atoms with Crippen LogP contribution >= 0.6 is 0 Å². The maximum Gasteiger partial charge on any atom is 0.310 e. The van der Waals surface area contributed by atoms with Gasteiger partial charge in [-0.2, -0.15) is 0 Å². The maximum atomic E-state index is 13.0. The van der Waals surface area contributed by atoms with Crippen molar-refractivity contribution in [1.82, 2.24) is 9.55 Å². The minimum atomic E-state index is -0.502. The first kappa shape index (κ1) is 23.5. The zero-order valence-electron chi connectivity index (χ0n) is 19.9. The van der Waals surface area contributed by atoms with Crippen molar-refractivity contribution in [3.63, 3.8) is 0 Å². The van der Waals surface area contributed by atoms with E-state index in [1.807, 2.05) is 7.05 Å². The van der Waals surface area contributed by atoms with E-state index in [-0.39, 0.29) is 29.7 Å². The quantitative estimate of drug-likeness (QED) is 0.263. The second-order valence-corrected chi connectivity index (χ2v) is 8.46. The van der Waals surface area contributed by atoms with Crippen LogP contribution in [0, 0.1) is 10.1 Å². The second-order valence-electron chi connectivity index (χ2n) is 8.46. The lowest BCUT2D eigenvalue weighted by Gasteiger charge is -2.12. The molecule has 0 saturated heterocycles. The number of anilines is 4. The van der Waals surface area contributed by atoms with Gasteiger partial charge in [-0.1, -0.05) is 6.07 Å². The summed E-state index contributed by atoms with van der Waals surface area (Å²) in [5.41, 5.74) is 4.79. The van der Waals surface area contributed by atoms with Crippen molar-refractivity contribution in [3.05, 3.63) is 88.5 Å². The first-order valence-electron chi connectivity index (χ1n) is 11.3. The molecule has 0 fully saturated rings. The van der Waals surface area contributed by atoms with Crippen LogP contribution in [-0.2, 0) is 18.3 Å². The number of nitrogens with one attached hydrogen (secondary N) is 3. The number of ether oxygens (including phenoxy) is 1. The highest BCUT2D eigenvalue weighted by atomic mass is 16.6. The normalized spacial score (nSPS) is 11.9. The van der Waals surface area contributed by atoms with E-state index in [0.29, 0.717) is 33.9 Å². The summed E-state index contributed by atoms with van der Waals surface area (Å²) in [5.74, 6) is -0.373. The molecule has 2 heterocycles. The van der Waals surface area contributed by atoms with E-state index in [1.165, 1.54) is 13.2 Å². The molecule has 0 aliphatic carbocycles. The summed E-state index contributed by atoms with van der Waals surface area (Å²) in [7, 11) is 3.20. The number of carbonyl (C=O) groups is 2. The highest BCUT2D eigenvalue weighted by Gasteiger charge is 2.21. The summed E-state index contributed by atoms with van der Waals surface area (Å²) >= 11 is 0. The van der Waals surface area contributed by atoms with Crippen LogP contribution in [0.25, 0.3) is 11.1 Å². The summed E-state index contributed by atoms with van der Waals surface area (Å²) < 4.78 is 6.96. The monoisotopic (exact) mass is 498 g/mol. The number of fused-ring (bicyclic) bond motifs is 2. The zero-order valence-corrected chi connectivity index (χ0v) is 19.9. The van der Waals surface area contributed by atoms with Gasteiger partial charge in [0.05, 0.1) is 47.4 Å². The third-order valence-corrected chi connectivity index (χ3v) is 6.05. The molecule has 11 nitrogen and oxygen atoms in total. The number of amides is 2. The van der Waals surface area contributed by atoms with Gasteiger partial charge in [0.1, 0.15) is 0 Å². The number of carbonyl (C=O) groups excluding carboxylic acids is 2. The Labute approximate surface area is 211 Å². The Hall–Kier alpha value is -5.19. The molecule has 0 spiro atoms. The number of rotatable bonds is 6. The minimum Gasteiger partial charge on any atom is -0.490 e. The molecule has 3 N–H and O–H groups in total. The number of benzene rings is 3. The number of hydrogen-bond acceptors (Lipinski definition) is 7. The Morgan fingerprint density at radius 1 is 1.05 bits per heavy atom. The lowest BCUT2D eigenvalue weighted by atomic mass is 10.0.